The molecule has 1 amide bonds. The van der Waals surface area contributed by atoms with Crippen LogP contribution >= 0.6 is 11.3 Å². The van der Waals surface area contributed by atoms with Gasteiger partial charge in [-0.2, -0.15) is 4.72 Å². The highest BCUT2D eigenvalue weighted by atomic mass is 32.2. The molecule has 124 valence electrons. The van der Waals surface area contributed by atoms with Crippen LogP contribution in [-0.4, -0.2) is 25.4 Å². The average Bonchev–Trinajstić information content (AvgIpc) is 3.05. The van der Waals surface area contributed by atoms with Crippen molar-refractivity contribution in [3.05, 3.63) is 46.4 Å². The van der Waals surface area contributed by atoms with Gasteiger partial charge in [0.15, 0.2) is 0 Å². The molecule has 8 heteroatoms. The number of hydrogen-bond donors (Lipinski definition) is 2. The first-order valence-electron chi connectivity index (χ1n) is 7.18. The van der Waals surface area contributed by atoms with Gasteiger partial charge in [-0.25, -0.2) is 13.4 Å². The van der Waals surface area contributed by atoms with Crippen LogP contribution in [0, 0.1) is 0 Å². The van der Waals surface area contributed by atoms with Crippen LogP contribution in [-0.2, 0) is 27.8 Å². The van der Waals surface area contributed by atoms with Crippen LogP contribution in [0.5, 0.6) is 0 Å². The number of amides is 1. The van der Waals surface area contributed by atoms with Crippen LogP contribution in [0.2, 0.25) is 0 Å². The SMILES string of the molecule is CCc1ccc(S(=O)(=O)N[C@@H](C)C(=O)NCc2cscn2)cc1. The van der Waals surface area contributed by atoms with E-state index in [9.17, 15) is 13.2 Å². The number of aromatic nitrogens is 1. The maximum Gasteiger partial charge on any atom is 0.241 e. The predicted molar refractivity (Wildman–Crippen MR) is 89.6 cm³/mol. The van der Waals surface area contributed by atoms with Crippen LogP contribution in [0.15, 0.2) is 40.1 Å². The number of nitrogens with one attached hydrogen (secondary N) is 2. The number of thiazole rings is 1. The minimum absolute atomic E-state index is 0.147. The first-order chi connectivity index (χ1) is 10.9. The molecule has 0 aliphatic rings. The molecule has 1 aromatic heterocycles. The van der Waals surface area contributed by atoms with E-state index in [1.165, 1.54) is 18.3 Å². The van der Waals surface area contributed by atoms with Gasteiger partial charge in [0.1, 0.15) is 0 Å². The number of carbonyl (C=O) groups is 1. The second-order valence-corrected chi connectivity index (χ2v) is 7.47. The molecular formula is C15H19N3O3S2. The number of hydrogen-bond acceptors (Lipinski definition) is 5. The summed E-state index contributed by atoms with van der Waals surface area (Å²) in [7, 11) is -3.73. The molecule has 0 saturated carbocycles. The number of nitrogens with zero attached hydrogens (tertiary/aromatic N) is 1. The normalized spacial score (nSPS) is 12.8. The van der Waals surface area contributed by atoms with E-state index in [4.69, 9.17) is 0 Å². The molecule has 0 bridgehead atoms. The fourth-order valence-corrected chi connectivity index (χ4v) is 3.68. The van der Waals surface area contributed by atoms with E-state index >= 15 is 0 Å². The zero-order valence-corrected chi connectivity index (χ0v) is 14.6. The van der Waals surface area contributed by atoms with Gasteiger partial charge in [-0.15, -0.1) is 11.3 Å². The summed E-state index contributed by atoms with van der Waals surface area (Å²) in [5.41, 5.74) is 3.47. The zero-order chi connectivity index (χ0) is 16.9. The first-order valence-corrected chi connectivity index (χ1v) is 9.61. The summed E-state index contributed by atoms with van der Waals surface area (Å²) < 4.78 is 26.9. The topological polar surface area (TPSA) is 88.2 Å². The standard InChI is InChI=1S/C15H19N3O3S2/c1-3-12-4-6-14(7-5-12)23(20,21)18-11(2)15(19)16-8-13-9-22-10-17-13/h4-7,9-11,18H,3,8H2,1-2H3,(H,16,19)/t11-/m0/s1. The maximum absolute atomic E-state index is 12.3. The quantitative estimate of drug-likeness (QED) is 0.793. The van der Waals surface area contributed by atoms with Gasteiger partial charge in [-0.3, -0.25) is 4.79 Å². The monoisotopic (exact) mass is 353 g/mol. The lowest BCUT2D eigenvalue weighted by atomic mass is 10.2. The van der Waals surface area contributed by atoms with Crippen molar-refractivity contribution in [3.63, 3.8) is 0 Å². The van der Waals surface area contributed by atoms with Crippen molar-refractivity contribution < 1.29 is 13.2 Å². The molecule has 0 aliphatic heterocycles. The highest BCUT2D eigenvalue weighted by molar-refractivity contribution is 7.89. The van der Waals surface area contributed by atoms with Crippen molar-refractivity contribution in [2.75, 3.05) is 0 Å². The van der Waals surface area contributed by atoms with Crippen LogP contribution in [0.3, 0.4) is 0 Å². The molecule has 2 rings (SSSR count). The largest absolute Gasteiger partial charge is 0.349 e. The Kier molecular flexibility index (Phi) is 5.86. The number of aryl methyl sites for hydroxylation is 1. The summed E-state index contributed by atoms with van der Waals surface area (Å²) >= 11 is 1.44. The Hall–Kier alpha value is -1.77. The van der Waals surface area contributed by atoms with Gasteiger partial charge in [0.25, 0.3) is 0 Å². The van der Waals surface area contributed by atoms with Crippen molar-refractivity contribution in [2.24, 2.45) is 0 Å². The third-order valence-corrected chi connectivity index (χ3v) is 5.49. The Labute approximate surface area is 140 Å². The van der Waals surface area contributed by atoms with E-state index in [-0.39, 0.29) is 11.4 Å². The predicted octanol–water partition coefficient (Wildman–Crippen LogP) is 1.69. The number of carbonyl (C=O) groups excluding carboxylic acids is 1. The number of rotatable bonds is 7. The molecule has 0 radical (unpaired) electrons. The molecular weight excluding hydrogens is 334 g/mol. The molecule has 1 heterocycles. The van der Waals surface area contributed by atoms with Crippen LogP contribution in [0.25, 0.3) is 0 Å². The summed E-state index contributed by atoms with van der Waals surface area (Å²) in [6, 6.07) is 5.75. The fraction of sp³-hybridized carbons (Fsp3) is 0.333. The van der Waals surface area contributed by atoms with E-state index in [0.29, 0.717) is 0 Å². The van der Waals surface area contributed by atoms with Crippen molar-refractivity contribution in [1.29, 1.82) is 0 Å². The summed E-state index contributed by atoms with van der Waals surface area (Å²) in [4.78, 5) is 16.2. The zero-order valence-electron chi connectivity index (χ0n) is 12.9. The second-order valence-electron chi connectivity index (χ2n) is 5.04. The van der Waals surface area contributed by atoms with Gasteiger partial charge >= 0.3 is 0 Å². The van der Waals surface area contributed by atoms with E-state index in [1.807, 2.05) is 12.3 Å². The van der Waals surface area contributed by atoms with Crippen LogP contribution < -0.4 is 10.0 Å². The van der Waals surface area contributed by atoms with Gasteiger partial charge in [0.2, 0.25) is 15.9 Å². The Morgan fingerprint density at radius 2 is 2.00 bits per heavy atom. The lowest BCUT2D eigenvalue weighted by Crippen LogP contribution is -2.44. The molecule has 1 aromatic carbocycles. The second kappa shape index (κ2) is 7.67. The molecule has 0 aliphatic carbocycles. The third-order valence-electron chi connectivity index (χ3n) is 3.29. The summed E-state index contributed by atoms with van der Waals surface area (Å²) in [6.07, 6.45) is 0.836. The Bertz CT molecular complexity index is 741. The number of benzene rings is 1. The summed E-state index contributed by atoms with van der Waals surface area (Å²) in [6.45, 7) is 3.78. The molecule has 2 N–H and O–H groups in total. The van der Waals surface area contributed by atoms with Gasteiger partial charge < -0.3 is 5.32 Å². The molecule has 6 nitrogen and oxygen atoms in total. The van der Waals surface area contributed by atoms with Crippen LogP contribution in [0.4, 0.5) is 0 Å². The van der Waals surface area contributed by atoms with Gasteiger partial charge in [-0.05, 0) is 31.0 Å². The molecule has 0 saturated heterocycles. The lowest BCUT2D eigenvalue weighted by molar-refractivity contribution is -0.122. The van der Waals surface area contributed by atoms with E-state index in [0.717, 1.165) is 17.7 Å². The Morgan fingerprint density at radius 1 is 1.30 bits per heavy atom. The highest BCUT2D eigenvalue weighted by Crippen LogP contribution is 2.11. The minimum atomic E-state index is -3.73. The van der Waals surface area contributed by atoms with Crippen molar-refractivity contribution in [2.45, 2.75) is 37.8 Å². The minimum Gasteiger partial charge on any atom is -0.349 e. The maximum atomic E-state index is 12.3. The van der Waals surface area contributed by atoms with Gasteiger partial charge in [-0.1, -0.05) is 19.1 Å². The summed E-state index contributed by atoms with van der Waals surface area (Å²) in [5, 5.41) is 4.48. The Balaban J connectivity index is 1.96. The summed E-state index contributed by atoms with van der Waals surface area (Å²) in [5.74, 6) is -0.397. The van der Waals surface area contributed by atoms with Gasteiger partial charge in [0, 0.05) is 5.38 Å². The third kappa shape index (κ3) is 4.85. The smallest absolute Gasteiger partial charge is 0.241 e. The van der Waals surface area contributed by atoms with E-state index in [2.05, 4.69) is 15.0 Å². The molecule has 2 aromatic rings. The molecule has 23 heavy (non-hydrogen) atoms. The van der Waals surface area contributed by atoms with Crippen molar-refractivity contribution in [3.8, 4) is 0 Å². The average molecular weight is 353 g/mol. The van der Waals surface area contributed by atoms with E-state index < -0.39 is 22.0 Å². The molecule has 1 atom stereocenters. The van der Waals surface area contributed by atoms with Crippen molar-refractivity contribution >= 4 is 27.3 Å². The van der Waals surface area contributed by atoms with Gasteiger partial charge in [0.05, 0.1) is 28.7 Å². The number of sulfonamides is 1. The van der Waals surface area contributed by atoms with Crippen LogP contribution in [0.1, 0.15) is 25.1 Å². The molecule has 0 spiro atoms. The highest BCUT2D eigenvalue weighted by Gasteiger charge is 2.21. The van der Waals surface area contributed by atoms with E-state index in [1.54, 1.807) is 29.8 Å². The fourth-order valence-electron chi connectivity index (χ4n) is 1.91. The molecule has 0 unspecified atom stereocenters. The lowest BCUT2D eigenvalue weighted by Gasteiger charge is -2.14. The molecule has 0 fully saturated rings. The Morgan fingerprint density at radius 3 is 2.57 bits per heavy atom. The van der Waals surface area contributed by atoms with Crippen molar-refractivity contribution in [1.82, 2.24) is 15.0 Å². The first kappa shape index (κ1) is 17.6.